The van der Waals surface area contributed by atoms with Gasteiger partial charge in [0.05, 0.1) is 16.3 Å². The average molecular weight is 403 g/mol. The van der Waals surface area contributed by atoms with E-state index in [0.717, 1.165) is 57.2 Å². The molecule has 1 heterocycles. The van der Waals surface area contributed by atoms with Crippen molar-refractivity contribution < 1.29 is 4.79 Å². The number of anilines is 1. The molecule has 1 aromatic rings. The van der Waals surface area contributed by atoms with Crippen LogP contribution in [0.25, 0.3) is 0 Å². The highest BCUT2D eigenvalue weighted by Gasteiger charge is 2.30. The maximum Gasteiger partial charge on any atom is 0.220 e. The molecule has 0 unspecified atom stereocenters. The Morgan fingerprint density at radius 2 is 2.00 bits per heavy atom. The predicted octanol–water partition coefficient (Wildman–Crippen LogP) is 3.66. The number of piperazine rings is 1. The van der Waals surface area contributed by atoms with E-state index in [1.165, 1.54) is 6.42 Å². The molecular weight excluding hydrogens is 372 g/mol. The van der Waals surface area contributed by atoms with Crippen molar-refractivity contribution >= 4 is 23.2 Å². The van der Waals surface area contributed by atoms with E-state index in [2.05, 4.69) is 35.0 Å². The lowest BCUT2D eigenvalue weighted by Crippen LogP contribution is -2.48. The first-order chi connectivity index (χ1) is 13.5. The number of hydrogen-bond donors (Lipinski definition) is 1. The lowest BCUT2D eigenvalue weighted by atomic mass is 9.78. The molecule has 1 N–H and O–H groups in total. The Morgan fingerprint density at radius 3 is 2.64 bits per heavy atom. The van der Waals surface area contributed by atoms with Gasteiger partial charge in [0.2, 0.25) is 5.91 Å². The van der Waals surface area contributed by atoms with Crippen LogP contribution in [0.4, 0.5) is 5.69 Å². The third-order valence-electron chi connectivity index (χ3n) is 5.86. The second-order valence-electron chi connectivity index (χ2n) is 8.57. The van der Waals surface area contributed by atoms with Crippen LogP contribution in [0.1, 0.15) is 45.1 Å². The molecule has 1 aliphatic heterocycles. The van der Waals surface area contributed by atoms with Gasteiger partial charge in [0, 0.05) is 38.6 Å². The standard InChI is InChI=1S/C22H31ClN4O/c1-16(2)12-21(28)25-19-13-17(14-19)6-7-26-8-10-27(11-9-26)20-5-3-4-18(15-24)22(20)23/h3-5,16-17,19H,6-14H2,1-2H3,(H,25,28)/t17-,19+. The summed E-state index contributed by atoms with van der Waals surface area (Å²) in [6, 6.07) is 8.22. The van der Waals surface area contributed by atoms with E-state index in [0.29, 0.717) is 29.0 Å². The zero-order valence-electron chi connectivity index (χ0n) is 17.0. The van der Waals surface area contributed by atoms with Gasteiger partial charge in [0.25, 0.3) is 0 Å². The number of carbonyl (C=O) groups is 1. The highest BCUT2D eigenvalue weighted by Crippen LogP contribution is 2.32. The van der Waals surface area contributed by atoms with Crippen molar-refractivity contribution in [3.05, 3.63) is 28.8 Å². The minimum absolute atomic E-state index is 0.203. The number of rotatable bonds is 7. The smallest absolute Gasteiger partial charge is 0.220 e. The summed E-state index contributed by atoms with van der Waals surface area (Å²) in [6.07, 6.45) is 4.09. The Labute approximate surface area is 173 Å². The predicted molar refractivity (Wildman–Crippen MR) is 114 cm³/mol. The number of benzene rings is 1. The fourth-order valence-electron chi connectivity index (χ4n) is 4.17. The van der Waals surface area contributed by atoms with Gasteiger partial charge in [-0.2, -0.15) is 5.26 Å². The highest BCUT2D eigenvalue weighted by atomic mass is 35.5. The molecule has 152 valence electrons. The molecule has 1 amide bonds. The molecular formula is C22H31ClN4O. The molecule has 1 aromatic carbocycles. The van der Waals surface area contributed by atoms with E-state index in [1.54, 1.807) is 6.07 Å². The lowest BCUT2D eigenvalue weighted by molar-refractivity contribution is -0.123. The second kappa shape index (κ2) is 9.62. The first-order valence-electron chi connectivity index (χ1n) is 10.4. The van der Waals surface area contributed by atoms with Crippen LogP contribution in [0.5, 0.6) is 0 Å². The van der Waals surface area contributed by atoms with E-state index in [-0.39, 0.29) is 5.91 Å². The third-order valence-corrected chi connectivity index (χ3v) is 6.26. The van der Waals surface area contributed by atoms with Gasteiger partial charge in [0.1, 0.15) is 6.07 Å². The number of nitriles is 1. The van der Waals surface area contributed by atoms with Crippen molar-refractivity contribution in [2.45, 2.75) is 45.6 Å². The largest absolute Gasteiger partial charge is 0.368 e. The minimum atomic E-state index is 0.203. The van der Waals surface area contributed by atoms with Crippen LogP contribution >= 0.6 is 11.6 Å². The molecule has 2 fully saturated rings. The fourth-order valence-corrected chi connectivity index (χ4v) is 4.46. The zero-order chi connectivity index (χ0) is 20.1. The number of nitrogens with zero attached hydrogens (tertiary/aromatic N) is 3. The normalized spacial score (nSPS) is 22.6. The summed E-state index contributed by atoms with van der Waals surface area (Å²) in [7, 11) is 0. The van der Waals surface area contributed by atoms with Crippen LogP contribution in [-0.2, 0) is 4.79 Å². The van der Waals surface area contributed by atoms with Crippen molar-refractivity contribution in [3.8, 4) is 6.07 Å². The molecule has 1 saturated heterocycles. The van der Waals surface area contributed by atoms with E-state index in [1.807, 2.05) is 12.1 Å². The van der Waals surface area contributed by atoms with Gasteiger partial charge >= 0.3 is 0 Å². The molecule has 6 heteroatoms. The maximum absolute atomic E-state index is 11.8. The van der Waals surface area contributed by atoms with Crippen LogP contribution in [0, 0.1) is 23.2 Å². The van der Waals surface area contributed by atoms with E-state index < -0.39 is 0 Å². The summed E-state index contributed by atoms with van der Waals surface area (Å²) < 4.78 is 0. The van der Waals surface area contributed by atoms with Gasteiger partial charge in [0.15, 0.2) is 0 Å². The minimum Gasteiger partial charge on any atom is -0.368 e. The lowest BCUT2D eigenvalue weighted by Gasteiger charge is -2.40. The third kappa shape index (κ3) is 5.40. The molecule has 5 nitrogen and oxygen atoms in total. The van der Waals surface area contributed by atoms with Crippen molar-refractivity contribution in [3.63, 3.8) is 0 Å². The molecule has 1 saturated carbocycles. The van der Waals surface area contributed by atoms with E-state index in [9.17, 15) is 4.79 Å². The summed E-state index contributed by atoms with van der Waals surface area (Å²) in [6.45, 7) is 9.20. The maximum atomic E-state index is 11.8. The average Bonchev–Trinajstić information content (AvgIpc) is 2.63. The number of carbonyl (C=O) groups excluding carboxylic acids is 1. The quantitative estimate of drug-likeness (QED) is 0.756. The van der Waals surface area contributed by atoms with Crippen LogP contribution in [0.2, 0.25) is 5.02 Å². The van der Waals surface area contributed by atoms with Crippen LogP contribution in [0.15, 0.2) is 18.2 Å². The molecule has 3 rings (SSSR count). The summed E-state index contributed by atoms with van der Waals surface area (Å²) in [4.78, 5) is 16.6. The number of nitrogens with one attached hydrogen (secondary N) is 1. The summed E-state index contributed by atoms with van der Waals surface area (Å²) in [5.74, 6) is 1.37. The Kier molecular flexibility index (Phi) is 7.20. The van der Waals surface area contributed by atoms with Crippen LogP contribution < -0.4 is 10.2 Å². The van der Waals surface area contributed by atoms with Gasteiger partial charge in [-0.3, -0.25) is 9.69 Å². The SMILES string of the molecule is CC(C)CC(=O)N[C@H]1C[C@@H](CCN2CCN(c3cccc(C#N)c3Cl)CC2)C1. The van der Waals surface area contributed by atoms with Crippen molar-refractivity contribution in [1.82, 2.24) is 10.2 Å². The Hall–Kier alpha value is -1.77. The summed E-state index contributed by atoms with van der Waals surface area (Å²) >= 11 is 6.38. The Balaban J connectivity index is 1.35. The molecule has 28 heavy (non-hydrogen) atoms. The number of hydrogen-bond acceptors (Lipinski definition) is 4. The second-order valence-corrected chi connectivity index (χ2v) is 8.95. The van der Waals surface area contributed by atoms with Gasteiger partial charge in [-0.05, 0) is 49.8 Å². The fraction of sp³-hybridized carbons (Fsp3) is 0.636. The molecule has 0 aromatic heterocycles. The van der Waals surface area contributed by atoms with Gasteiger partial charge < -0.3 is 10.2 Å². The van der Waals surface area contributed by atoms with Gasteiger partial charge in [-0.25, -0.2) is 0 Å². The Morgan fingerprint density at radius 1 is 1.29 bits per heavy atom. The highest BCUT2D eigenvalue weighted by molar-refractivity contribution is 6.34. The van der Waals surface area contributed by atoms with Crippen LogP contribution in [-0.4, -0.2) is 49.6 Å². The molecule has 0 spiro atoms. The van der Waals surface area contributed by atoms with Gasteiger partial charge in [-0.15, -0.1) is 0 Å². The van der Waals surface area contributed by atoms with Crippen molar-refractivity contribution in [1.29, 1.82) is 5.26 Å². The van der Waals surface area contributed by atoms with Crippen molar-refractivity contribution in [2.24, 2.45) is 11.8 Å². The molecule has 2 aliphatic rings. The Bertz CT molecular complexity index is 716. The van der Waals surface area contributed by atoms with Gasteiger partial charge in [-0.1, -0.05) is 31.5 Å². The van der Waals surface area contributed by atoms with E-state index >= 15 is 0 Å². The van der Waals surface area contributed by atoms with Crippen LogP contribution in [0.3, 0.4) is 0 Å². The monoisotopic (exact) mass is 402 g/mol. The first kappa shape index (κ1) is 21.0. The molecule has 1 aliphatic carbocycles. The number of halogens is 1. The molecule has 0 radical (unpaired) electrons. The van der Waals surface area contributed by atoms with Crippen molar-refractivity contribution in [2.75, 3.05) is 37.6 Å². The summed E-state index contributed by atoms with van der Waals surface area (Å²) in [5, 5.41) is 12.9. The topological polar surface area (TPSA) is 59.4 Å². The zero-order valence-corrected chi connectivity index (χ0v) is 17.7. The number of amides is 1. The first-order valence-corrected chi connectivity index (χ1v) is 10.8. The summed E-state index contributed by atoms with van der Waals surface area (Å²) in [5.41, 5.74) is 1.51. The van der Waals surface area contributed by atoms with E-state index in [4.69, 9.17) is 16.9 Å². The molecule has 0 bridgehead atoms. The molecule has 0 atom stereocenters.